The van der Waals surface area contributed by atoms with Gasteiger partial charge in [-0.2, -0.15) is 0 Å². The minimum Gasteiger partial charge on any atom is -0.0870 e. The zero-order chi connectivity index (χ0) is 13.9. The highest BCUT2D eigenvalue weighted by molar-refractivity contribution is 6.12. The van der Waals surface area contributed by atoms with Crippen LogP contribution in [0.4, 0.5) is 0 Å². The molecule has 0 nitrogen and oxygen atoms in total. The molecule has 0 spiro atoms. The Hall–Kier alpha value is -2.34. The van der Waals surface area contributed by atoms with Gasteiger partial charge in [-0.15, -0.1) is 0 Å². The van der Waals surface area contributed by atoms with Gasteiger partial charge in [0.1, 0.15) is 0 Å². The molecule has 0 heterocycles. The second kappa shape index (κ2) is 5.34. The maximum atomic E-state index is 2.21. The van der Waals surface area contributed by atoms with E-state index in [9.17, 15) is 0 Å². The Morgan fingerprint density at radius 2 is 0.850 bits per heavy atom. The van der Waals surface area contributed by atoms with Crippen molar-refractivity contribution in [1.29, 1.82) is 0 Å². The summed E-state index contributed by atoms with van der Waals surface area (Å²) in [5.41, 5.74) is 2.62. The lowest BCUT2D eigenvalue weighted by Gasteiger charge is -2.12. The van der Waals surface area contributed by atoms with Crippen molar-refractivity contribution in [3.8, 4) is 0 Å². The van der Waals surface area contributed by atoms with E-state index in [1.807, 2.05) is 0 Å². The molecule has 0 aliphatic carbocycles. The summed E-state index contributed by atoms with van der Waals surface area (Å²) in [4.78, 5) is 0. The minimum atomic E-state index is 1.31. The number of benzene rings is 3. The van der Waals surface area contributed by atoms with Crippen LogP contribution in [0.3, 0.4) is 0 Å². The van der Waals surface area contributed by atoms with Gasteiger partial charge in [0.05, 0.1) is 0 Å². The molecule has 0 unspecified atom stereocenters. The first kappa shape index (κ1) is 12.7. The predicted octanol–water partition coefficient (Wildman–Crippen LogP) is 6.06. The smallest absolute Gasteiger partial charge is 0.00991 e. The third kappa shape index (κ3) is 1.94. The molecule has 0 bridgehead atoms. The highest BCUT2D eigenvalue weighted by atomic mass is 14.1. The van der Waals surface area contributed by atoms with E-state index in [0.717, 1.165) is 0 Å². The average molecular weight is 258 g/mol. The van der Waals surface area contributed by atoms with Crippen LogP contribution in [0.25, 0.3) is 33.7 Å². The van der Waals surface area contributed by atoms with Gasteiger partial charge in [0.2, 0.25) is 0 Å². The lowest BCUT2D eigenvalue weighted by atomic mass is 9.91. The van der Waals surface area contributed by atoms with E-state index < -0.39 is 0 Å². The van der Waals surface area contributed by atoms with Crippen LogP contribution in [0, 0.1) is 0 Å². The van der Waals surface area contributed by atoms with Crippen molar-refractivity contribution in [3.63, 3.8) is 0 Å². The standard InChI is InChI=1S/C20H18/c1-3-9-15-17-11-5-7-13-19(17)16(10-4-2)20-14-8-6-12-18(15)20/h3-14H,1-2H3/b9-3+,10-4+. The van der Waals surface area contributed by atoms with Crippen molar-refractivity contribution >= 4 is 33.7 Å². The Morgan fingerprint density at radius 3 is 1.10 bits per heavy atom. The highest BCUT2D eigenvalue weighted by Gasteiger charge is 2.09. The predicted molar refractivity (Wildman–Crippen MR) is 90.9 cm³/mol. The van der Waals surface area contributed by atoms with Crippen LogP contribution < -0.4 is 0 Å². The zero-order valence-electron chi connectivity index (χ0n) is 11.9. The molecule has 0 radical (unpaired) electrons. The first-order valence-electron chi connectivity index (χ1n) is 7.05. The average Bonchev–Trinajstić information content (AvgIpc) is 2.50. The van der Waals surface area contributed by atoms with Gasteiger partial charge in [0, 0.05) is 0 Å². The lowest BCUT2D eigenvalue weighted by molar-refractivity contribution is 1.69. The minimum absolute atomic E-state index is 1.31. The van der Waals surface area contributed by atoms with Crippen LogP contribution in [0.15, 0.2) is 60.7 Å². The van der Waals surface area contributed by atoms with Crippen molar-refractivity contribution in [2.75, 3.05) is 0 Å². The molecule has 0 aliphatic rings. The molecular weight excluding hydrogens is 240 g/mol. The van der Waals surface area contributed by atoms with Crippen LogP contribution in [0.2, 0.25) is 0 Å². The summed E-state index contributed by atoms with van der Waals surface area (Å²) in [6, 6.07) is 17.3. The molecule has 3 aromatic rings. The summed E-state index contributed by atoms with van der Waals surface area (Å²) in [6.07, 6.45) is 8.65. The Kier molecular flexibility index (Phi) is 3.39. The Bertz CT molecular complexity index is 693. The molecule has 20 heavy (non-hydrogen) atoms. The number of allylic oxidation sites excluding steroid dienone is 2. The SMILES string of the molecule is C/C=C/c1c2ccccc2c(/C=C/C)c2ccccc12. The van der Waals surface area contributed by atoms with E-state index in [0.29, 0.717) is 0 Å². The van der Waals surface area contributed by atoms with Gasteiger partial charge in [-0.3, -0.25) is 0 Å². The van der Waals surface area contributed by atoms with Crippen LogP contribution in [-0.4, -0.2) is 0 Å². The fraction of sp³-hybridized carbons (Fsp3) is 0.100. The van der Waals surface area contributed by atoms with Crippen LogP contribution in [0.5, 0.6) is 0 Å². The first-order chi connectivity index (χ1) is 9.86. The van der Waals surface area contributed by atoms with Crippen LogP contribution in [-0.2, 0) is 0 Å². The maximum absolute atomic E-state index is 2.21. The third-order valence-electron chi connectivity index (χ3n) is 3.68. The van der Waals surface area contributed by atoms with Gasteiger partial charge in [0.25, 0.3) is 0 Å². The normalized spacial score (nSPS) is 12.1. The first-order valence-corrected chi connectivity index (χ1v) is 7.05. The van der Waals surface area contributed by atoms with E-state index in [1.165, 1.54) is 32.7 Å². The van der Waals surface area contributed by atoms with E-state index in [4.69, 9.17) is 0 Å². The van der Waals surface area contributed by atoms with E-state index in [-0.39, 0.29) is 0 Å². The summed E-state index contributed by atoms with van der Waals surface area (Å²) in [6.45, 7) is 4.15. The Morgan fingerprint density at radius 1 is 0.550 bits per heavy atom. The molecule has 0 N–H and O–H groups in total. The lowest BCUT2D eigenvalue weighted by Crippen LogP contribution is -1.88. The van der Waals surface area contributed by atoms with Crippen LogP contribution >= 0.6 is 0 Å². The third-order valence-corrected chi connectivity index (χ3v) is 3.68. The Balaban J connectivity index is 2.61. The molecule has 3 rings (SSSR count). The van der Waals surface area contributed by atoms with Crippen molar-refractivity contribution in [2.45, 2.75) is 13.8 Å². The second-order valence-electron chi connectivity index (χ2n) is 4.92. The number of fused-ring (bicyclic) bond motifs is 2. The summed E-state index contributed by atoms with van der Waals surface area (Å²) < 4.78 is 0. The molecule has 3 aromatic carbocycles. The van der Waals surface area contributed by atoms with Gasteiger partial charge < -0.3 is 0 Å². The van der Waals surface area contributed by atoms with E-state index in [2.05, 4.69) is 86.7 Å². The number of rotatable bonds is 2. The number of hydrogen-bond donors (Lipinski definition) is 0. The largest absolute Gasteiger partial charge is 0.0870 e. The molecule has 0 saturated heterocycles. The monoisotopic (exact) mass is 258 g/mol. The molecular formula is C20H18. The van der Waals surface area contributed by atoms with Gasteiger partial charge in [0.15, 0.2) is 0 Å². The summed E-state index contributed by atoms with van der Waals surface area (Å²) in [5.74, 6) is 0. The topological polar surface area (TPSA) is 0 Å². The zero-order valence-corrected chi connectivity index (χ0v) is 11.9. The maximum Gasteiger partial charge on any atom is -0.00991 e. The summed E-state index contributed by atoms with van der Waals surface area (Å²) in [7, 11) is 0. The van der Waals surface area contributed by atoms with Gasteiger partial charge in [-0.25, -0.2) is 0 Å². The molecule has 0 atom stereocenters. The molecule has 98 valence electrons. The molecule has 0 saturated carbocycles. The van der Waals surface area contributed by atoms with Crippen molar-refractivity contribution in [1.82, 2.24) is 0 Å². The fourth-order valence-corrected chi connectivity index (χ4v) is 2.89. The summed E-state index contributed by atoms with van der Waals surface area (Å²) >= 11 is 0. The van der Waals surface area contributed by atoms with Crippen molar-refractivity contribution in [2.24, 2.45) is 0 Å². The number of hydrogen-bond acceptors (Lipinski definition) is 0. The summed E-state index contributed by atoms with van der Waals surface area (Å²) in [5, 5.41) is 5.27. The van der Waals surface area contributed by atoms with Crippen molar-refractivity contribution in [3.05, 3.63) is 71.8 Å². The van der Waals surface area contributed by atoms with Gasteiger partial charge >= 0.3 is 0 Å². The molecule has 0 aliphatic heterocycles. The highest BCUT2D eigenvalue weighted by Crippen LogP contribution is 2.34. The molecule has 0 heteroatoms. The van der Waals surface area contributed by atoms with Gasteiger partial charge in [-0.1, -0.05) is 72.8 Å². The molecule has 0 amide bonds. The molecule has 0 aromatic heterocycles. The Labute approximate surface area is 120 Å². The molecule has 0 fully saturated rings. The quantitative estimate of drug-likeness (QED) is 0.490. The second-order valence-corrected chi connectivity index (χ2v) is 4.92. The fourth-order valence-electron chi connectivity index (χ4n) is 2.89. The van der Waals surface area contributed by atoms with Gasteiger partial charge in [-0.05, 0) is 46.5 Å². The van der Waals surface area contributed by atoms with Crippen LogP contribution in [0.1, 0.15) is 25.0 Å². The van der Waals surface area contributed by atoms with Crippen molar-refractivity contribution < 1.29 is 0 Å². The van der Waals surface area contributed by atoms with E-state index in [1.54, 1.807) is 0 Å². The van der Waals surface area contributed by atoms with E-state index >= 15 is 0 Å².